The zero-order valence-corrected chi connectivity index (χ0v) is 18.5. The Morgan fingerprint density at radius 3 is 2.37 bits per heavy atom. The van der Waals surface area contributed by atoms with Crippen LogP contribution in [-0.2, 0) is 17.8 Å². The highest BCUT2D eigenvalue weighted by atomic mass is 32.2. The summed E-state index contributed by atoms with van der Waals surface area (Å²) in [6.45, 7) is 8.45. The van der Waals surface area contributed by atoms with Crippen LogP contribution >= 0.6 is 11.9 Å². The molecule has 2 aromatic rings. The monoisotopic (exact) mass is 428 g/mol. The summed E-state index contributed by atoms with van der Waals surface area (Å²) in [4.78, 5) is 27.8. The van der Waals surface area contributed by atoms with Crippen molar-refractivity contribution in [3.05, 3.63) is 70.1 Å². The van der Waals surface area contributed by atoms with Crippen molar-refractivity contribution in [1.82, 2.24) is 9.80 Å². The second-order valence-electron chi connectivity index (χ2n) is 7.78. The number of ether oxygens (including phenoxy) is 1. The standard InChI is InChI=1S/C23H29N3O3S/c1-3-29-23(27)26-13-12-21(17-26)16-25(14-19-6-4-18(2)5-7-19)15-20-8-10-22(11-9-20)30-24-28/h4-11,21H,3,12-17H2,1-2H3/p+1. The smallest absolute Gasteiger partial charge is 0.409 e. The van der Waals surface area contributed by atoms with E-state index in [1.165, 1.54) is 16.7 Å². The summed E-state index contributed by atoms with van der Waals surface area (Å²) in [7, 11) is 0. The molecule has 160 valence electrons. The molecule has 0 spiro atoms. The van der Waals surface area contributed by atoms with Crippen molar-refractivity contribution >= 4 is 18.0 Å². The third-order valence-corrected chi connectivity index (χ3v) is 5.94. The number of carbonyl (C=O) groups excluding carboxylic acids is 1. The van der Waals surface area contributed by atoms with Crippen molar-refractivity contribution in [2.75, 3.05) is 26.2 Å². The molecule has 0 aromatic heterocycles. The summed E-state index contributed by atoms with van der Waals surface area (Å²) >= 11 is 1.07. The van der Waals surface area contributed by atoms with Crippen LogP contribution in [0.25, 0.3) is 0 Å². The first-order valence-corrected chi connectivity index (χ1v) is 11.2. The van der Waals surface area contributed by atoms with Crippen molar-refractivity contribution in [2.24, 2.45) is 5.92 Å². The summed E-state index contributed by atoms with van der Waals surface area (Å²) < 4.78 is 7.02. The van der Waals surface area contributed by atoms with E-state index in [-0.39, 0.29) is 6.09 Å². The summed E-state index contributed by atoms with van der Waals surface area (Å²) in [6.07, 6.45) is 0.790. The van der Waals surface area contributed by atoms with Gasteiger partial charge in [-0.25, -0.2) is 4.79 Å². The first-order chi connectivity index (χ1) is 14.6. The minimum Gasteiger partial charge on any atom is -0.450 e. The molecule has 1 saturated heterocycles. The van der Waals surface area contributed by atoms with Gasteiger partial charge in [-0.2, -0.15) is 0 Å². The summed E-state index contributed by atoms with van der Waals surface area (Å²) in [5.74, 6) is 0.430. The van der Waals surface area contributed by atoms with E-state index in [9.17, 15) is 9.70 Å². The molecule has 1 unspecified atom stereocenters. The van der Waals surface area contributed by atoms with Gasteiger partial charge in [-0.3, -0.25) is 4.90 Å². The third-order valence-electron chi connectivity index (χ3n) is 5.34. The quantitative estimate of drug-likeness (QED) is 0.621. The fraction of sp³-hybridized carbons (Fsp3) is 0.435. The molecule has 2 aromatic carbocycles. The SMILES string of the molecule is CCOC(=O)N1CCC(CN(Cc2ccc(C)cc2)Cc2ccc(S[NH+]=O)cc2)C1. The van der Waals surface area contributed by atoms with Gasteiger partial charge in [-0.05, 0) is 49.4 Å². The Kier molecular flexibility index (Phi) is 8.28. The maximum Gasteiger partial charge on any atom is 0.409 e. The number of amides is 1. The predicted octanol–water partition coefficient (Wildman–Crippen LogP) is 3.33. The molecule has 1 N–H and O–H groups in total. The number of benzene rings is 2. The van der Waals surface area contributed by atoms with Crippen LogP contribution in [0, 0.1) is 17.7 Å². The van der Waals surface area contributed by atoms with Crippen LogP contribution in [-0.4, -0.2) is 42.1 Å². The average molecular weight is 429 g/mol. The van der Waals surface area contributed by atoms with Crippen molar-refractivity contribution in [3.63, 3.8) is 0 Å². The number of hydrogen-bond acceptors (Lipinski definition) is 5. The van der Waals surface area contributed by atoms with E-state index >= 15 is 0 Å². The average Bonchev–Trinajstić information content (AvgIpc) is 3.20. The Labute approximate surface area is 182 Å². The van der Waals surface area contributed by atoms with E-state index in [4.69, 9.17) is 4.74 Å². The Morgan fingerprint density at radius 1 is 1.13 bits per heavy atom. The second-order valence-corrected chi connectivity index (χ2v) is 8.63. The predicted molar refractivity (Wildman–Crippen MR) is 119 cm³/mol. The minimum atomic E-state index is -0.204. The summed E-state index contributed by atoms with van der Waals surface area (Å²) in [5.41, 5.74) is 3.74. The van der Waals surface area contributed by atoms with Gasteiger partial charge in [0.15, 0.2) is 0 Å². The first kappa shape index (κ1) is 22.3. The van der Waals surface area contributed by atoms with E-state index in [1.807, 2.05) is 28.5 Å². The van der Waals surface area contributed by atoms with E-state index < -0.39 is 0 Å². The first-order valence-electron chi connectivity index (χ1n) is 10.4. The number of carbonyl (C=O) groups is 1. The van der Waals surface area contributed by atoms with Crippen LogP contribution in [0.4, 0.5) is 4.79 Å². The number of hydrogen-bond donors (Lipinski definition) is 1. The van der Waals surface area contributed by atoms with Gasteiger partial charge in [0.1, 0.15) is 0 Å². The lowest BCUT2D eigenvalue weighted by Crippen LogP contribution is -2.52. The molecular formula is C23H30N3O3S+. The highest BCUT2D eigenvalue weighted by Gasteiger charge is 2.28. The van der Waals surface area contributed by atoms with Crippen LogP contribution in [0.5, 0.6) is 0 Å². The number of nitroso groups, excluding NO2 is 1. The third kappa shape index (κ3) is 6.57. The topological polar surface area (TPSA) is 63.8 Å². The van der Waals surface area contributed by atoms with Crippen molar-refractivity contribution < 1.29 is 14.1 Å². The lowest BCUT2D eigenvalue weighted by molar-refractivity contribution is -0.271. The molecule has 1 amide bonds. The van der Waals surface area contributed by atoms with Gasteiger partial charge < -0.3 is 9.64 Å². The van der Waals surface area contributed by atoms with Gasteiger partial charge in [0.25, 0.3) is 0 Å². The molecular weight excluding hydrogens is 398 g/mol. The van der Waals surface area contributed by atoms with Gasteiger partial charge in [-0.1, -0.05) is 42.0 Å². The van der Waals surface area contributed by atoms with Crippen LogP contribution in [0.2, 0.25) is 0 Å². The van der Waals surface area contributed by atoms with Gasteiger partial charge >= 0.3 is 6.09 Å². The molecule has 0 saturated carbocycles. The normalized spacial score (nSPS) is 16.1. The maximum atomic E-state index is 12.0. The number of nitrogens with one attached hydrogen (secondary N) is 1. The van der Waals surface area contributed by atoms with Gasteiger partial charge in [0, 0.05) is 37.6 Å². The molecule has 3 rings (SSSR count). The molecule has 1 aliphatic rings. The van der Waals surface area contributed by atoms with Crippen LogP contribution in [0.15, 0.2) is 53.4 Å². The molecule has 0 radical (unpaired) electrons. The van der Waals surface area contributed by atoms with Crippen molar-refractivity contribution in [3.8, 4) is 0 Å². The van der Waals surface area contributed by atoms with Crippen LogP contribution < -0.4 is 4.58 Å². The molecule has 0 aliphatic carbocycles. The van der Waals surface area contributed by atoms with E-state index in [0.717, 1.165) is 56.0 Å². The molecule has 1 aliphatic heterocycles. The van der Waals surface area contributed by atoms with Crippen LogP contribution in [0.3, 0.4) is 0 Å². The molecule has 1 fully saturated rings. The summed E-state index contributed by atoms with van der Waals surface area (Å²) in [6, 6.07) is 16.7. The fourth-order valence-electron chi connectivity index (χ4n) is 3.83. The number of nitrogens with zero attached hydrogens (tertiary/aromatic N) is 2. The lowest BCUT2D eigenvalue weighted by Gasteiger charge is -2.26. The summed E-state index contributed by atoms with van der Waals surface area (Å²) in [5, 5.41) is 0. The van der Waals surface area contributed by atoms with E-state index in [0.29, 0.717) is 12.5 Å². The zero-order valence-electron chi connectivity index (χ0n) is 17.7. The Hall–Kier alpha value is -2.38. The van der Waals surface area contributed by atoms with Gasteiger partial charge in [0.05, 0.1) is 16.1 Å². The molecule has 30 heavy (non-hydrogen) atoms. The fourth-order valence-corrected chi connectivity index (χ4v) is 4.20. The lowest BCUT2D eigenvalue weighted by atomic mass is 10.1. The molecule has 1 heterocycles. The van der Waals surface area contributed by atoms with E-state index in [2.05, 4.69) is 48.2 Å². The highest BCUT2D eigenvalue weighted by molar-refractivity contribution is 7.92. The second kappa shape index (κ2) is 11.1. The zero-order chi connectivity index (χ0) is 21.3. The molecule has 6 nitrogen and oxygen atoms in total. The maximum absolute atomic E-state index is 12.0. The van der Waals surface area contributed by atoms with Crippen molar-refractivity contribution in [2.45, 2.75) is 38.3 Å². The number of rotatable bonds is 9. The van der Waals surface area contributed by atoms with Gasteiger partial charge in [-0.15, -0.1) is 0 Å². The van der Waals surface area contributed by atoms with Crippen molar-refractivity contribution in [1.29, 1.82) is 0 Å². The largest absolute Gasteiger partial charge is 0.450 e. The van der Waals surface area contributed by atoms with Crippen LogP contribution in [0.1, 0.15) is 30.0 Å². The molecule has 7 heteroatoms. The van der Waals surface area contributed by atoms with Gasteiger partial charge in [0.2, 0.25) is 11.9 Å². The Balaban J connectivity index is 1.66. The Morgan fingerprint density at radius 2 is 1.77 bits per heavy atom. The minimum absolute atomic E-state index is 0.204. The highest BCUT2D eigenvalue weighted by Crippen LogP contribution is 2.21. The number of aryl methyl sites for hydroxylation is 1. The number of likely N-dealkylation sites (tertiary alicyclic amines) is 1. The molecule has 1 atom stereocenters. The molecule has 0 bridgehead atoms. The van der Waals surface area contributed by atoms with E-state index in [1.54, 1.807) is 0 Å². The Bertz CT molecular complexity index is 827.